The van der Waals surface area contributed by atoms with Crippen LogP contribution >= 0.6 is 11.3 Å². The topological polar surface area (TPSA) is 24.9 Å². The summed E-state index contributed by atoms with van der Waals surface area (Å²) in [5, 5.41) is 7.18. The van der Waals surface area contributed by atoms with E-state index in [1.165, 1.54) is 21.2 Å². The summed E-state index contributed by atoms with van der Waals surface area (Å²) in [6, 6.07) is 13.2. The normalized spacial score (nSPS) is 12.7. The molecule has 2 heterocycles. The highest BCUT2D eigenvalue weighted by Crippen LogP contribution is 2.33. The zero-order valence-corrected chi connectivity index (χ0v) is 13.3. The molecule has 0 fully saturated rings. The van der Waals surface area contributed by atoms with Crippen molar-refractivity contribution < 1.29 is 0 Å². The number of thiophene rings is 1. The van der Waals surface area contributed by atoms with Gasteiger partial charge < -0.3 is 5.32 Å². The summed E-state index contributed by atoms with van der Waals surface area (Å²) in [5.41, 5.74) is 3.72. The fourth-order valence-electron chi connectivity index (χ4n) is 2.72. The largest absolute Gasteiger partial charge is 0.306 e. The fourth-order valence-corrected chi connectivity index (χ4v) is 3.67. The average molecular weight is 296 g/mol. The molecule has 0 radical (unpaired) electrons. The molecule has 0 aliphatic heterocycles. The smallest absolute Gasteiger partial charge is 0.0608 e. The van der Waals surface area contributed by atoms with Crippen molar-refractivity contribution >= 4 is 21.4 Å². The first-order chi connectivity index (χ1) is 10.3. The summed E-state index contributed by atoms with van der Waals surface area (Å²) >= 11 is 1.82. The van der Waals surface area contributed by atoms with Crippen LogP contribution in [-0.4, -0.2) is 11.5 Å². The van der Waals surface area contributed by atoms with E-state index in [1.807, 2.05) is 23.6 Å². The Morgan fingerprint density at radius 3 is 2.81 bits per heavy atom. The maximum atomic E-state index is 4.46. The predicted molar refractivity (Wildman–Crippen MR) is 90.9 cm³/mol. The minimum Gasteiger partial charge on any atom is -0.306 e. The third-order valence-electron chi connectivity index (χ3n) is 3.78. The number of nitrogens with one attached hydrogen (secondary N) is 1. The van der Waals surface area contributed by atoms with Crippen molar-refractivity contribution in [3.63, 3.8) is 0 Å². The van der Waals surface area contributed by atoms with E-state index in [1.54, 1.807) is 0 Å². The molecule has 2 aromatic heterocycles. The van der Waals surface area contributed by atoms with Gasteiger partial charge in [0.1, 0.15) is 0 Å². The van der Waals surface area contributed by atoms with E-state index in [2.05, 4.69) is 59.9 Å². The number of hydrogen-bond donors (Lipinski definition) is 1. The van der Waals surface area contributed by atoms with E-state index in [-0.39, 0.29) is 6.04 Å². The van der Waals surface area contributed by atoms with Crippen LogP contribution in [0.5, 0.6) is 0 Å². The van der Waals surface area contributed by atoms with Gasteiger partial charge >= 0.3 is 0 Å². The van der Waals surface area contributed by atoms with Gasteiger partial charge in [-0.3, -0.25) is 4.98 Å². The Bertz CT molecular complexity index is 733. The SMILES string of the molecule is CCCNC(c1cccnc1C)c1cccc2ccsc12. The van der Waals surface area contributed by atoms with Gasteiger partial charge in [-0.25, -0.2) is 0 Å². The van der Waals surface area contributed by atoms with E-state index in [9.17, 15) is 0 Å². The zero-order valence-electron chi connectivity index (χ0n) is 12.5. The second-order valence-corrected chi connectivity index (χ2v) is 6.17. The molecule has 0 amide bonds. The summed E-state index contributed by atoms with van der Waals surface area (Å²) in [4.78, 5) is 4.46. The number of rotatable bonds is 5. The minimum atomic E-state index is 0.209. The van der Waals surface area contributed by atoms with Gasteiger partial charge in [0.15, 0.2) is 0 Å². The average Bonchev–Trinajstić information content (AvgIpc) is 2.98. The molecular weight excluding hydrogens is 276 g/mol. The van der Waals surface area contributed by atoms with Gasteiger partial charge in [0.2, 0.25) is 0 Å². The standard InChI is InChI=1S/C18H20N2S/c1-3-10-20-17(15-8-5-11-19-13(15)2)16-7-4-6-14-9-12-21-18(14)16/h4-9,11-12,17,20H,3,10H2,1-2H3. The lowest BCUT2D eigenvalue weighted by molar-refractivity contribution is 0.597. The Kier molecular flexibility index (Phi) is 4.32. The highest BCUT2D eigenvalue weighted by Gasteiger charge is 2.18. The number of aromatic nitrogens is 1. The Morgan fingerprint density at radius 2 is 2.00 bits per heavy atom. The number of aryl methyl sites for hydroxylation is 1. The van der Waals surface area contributed by atoms with Crippen LogP contribution < -0.4 is 5.32 Å². The van der Waals surface area contributed by atoms with Gasteiger partial charge in [0, 0.05) is 16.6 Å². The summed E-state index contributed by atoms with van der Waals surface area (Å²) in [6.07, 6.45) is 2.98. The van der Waals surface area contributed by atoms with Crippen molar-refractivity contribution in [3.8, 4) is 0 Å². The molecule has 1 unspecified atom stereocenters. The molecule has 0 bridgehead atoms. The van der Waals surface area contributed by atoms with Gasteiger partial charge in [-0.1, -0.05) is 31.2 Å². The van der Waals surface area contributed by atoms with Crippen molar-refractivity contribution in [2.75, 3.05) is 6.54 Å². The summed E-state index contributed by atoms with van der Waals surface area (Å²) in [5.74, 6) is 0. The molecule has 3 heteroatoms. The van der Waals surface area contributed by atoms with E-state index >= 15 is 0 Å². The van der Waals surface area contributed by atoms with Crippen LogP contribution in [0, 0.1) is 6.92 Å². The van der Waals surface area contributed by atoms with Crippen LogP contribution in [0.25, 0.3) is 10.1 Å². The fraction of sp³-hybridized carbons (Fsp3) is 0.278. The molecule has 2 nitrogen and oxygen atoms in total. The summed E-state index contributed by atoms with van der Waals surface area (Å²) in [6.45, 7) is 5.29. The molecule has 21 heavy (non-hydrogen) atoms. The van der Waals surface area contributed by atoms with Crippen molar-refractivity contribution in [2.24, 2.45) is 0 Å². The van der Waals surface area contributed by atoms with E-state index in [0.29, 0.717) is 0 Å². The molecule has 3 rings (SSSR count). The van der Waals surface area contributed by atoms with Crippen LogP contribution in [0.15, 0.2) is 48.0 Å². The van der Waals surface area contributed by atoms with E-state index in [4.69, 9.17) is 0 Å². The third kappa shape index (κ3) is 2.85. The monoisotopic (exact) mass is 296 g/mol. The highest BCUT2D eigenvalue weighted by molar-refractivity contribution is 7.17. The van der Waals surface area contributed by atoms with Crippen molar-refractivity contribution in [1.82, 2.24) is 10.3 Å². The first kappa shape index (κ1) is 14.2. The first-order valence-corrected chi connectivity index (χ1v) is 8.30. The lowest BCUT2D eigenvalue weighted by atomic mass is 9.96. The number of nitrogens with zero attached hydrogens (tertiary/aromatic N) is 1. The number of hydrogen-bond acceptors (Lipinski definition) is 3. The van der Waals surface area contributed by atoms with Crippen molar-refractivity contribution in [2.45, 2.75) is 26.3 Å². The number of fused-ring (bicyclic) bond motifs is 1. The van der Waals surface area contributed by atoms with Crippen molar-refractivity contribution in [3.05, 3.63) is 64.8 Å². The Balaban J connectivity index is 2.11. The summed E-state index contributed by atoms with van der Waals surface area (Å²) < 4.78 is 1.37. The zero-order chi connectivity index (χ0) is 14.7. The van der Waals surface area contributed by atoms with Crippen LogP contribution in [0.1, 0.15) is 36.2 Å². The molecule has 1 atom stereocenters. The molecule has 0 saturated carbocycles. The molecule has 1 aromatic carbocycles. The van der Waals surface area contributed by atoms with E-state index in [0.717, 1.165) is 18.7 Å². The van der Waals surface area contributed by atoms with Gasteiger partial charge in [0.05, 0.1) is 6.04 Å². The first-order valence-electron chi connectivity index (χ1n) is 7.42. The maximum absolute atomic E-state index is 4.46. The van der Waals surface area contributed by atoms with Gasteiger partial charge in [-0.05, 0) is 53.9 Å². The molecule has 0 spiro atoms. The maximum Gasteiger partial charge on any atom is 0.0608 e. The van der Waals surface area contributed by atoms with Gasteiger partial charge in [-0.15, -0.1) is 11.3 Å². The molecular formula is C18H20N2S. The second-order valence-electron chi connectivity index (χ2n) is 5.25. The molecule has 108 valence electrons. The van der Waals surface area contributed by atoms with Crippen LogP contribution in [0.2, 0.25) is 0 Å². The minimum absolute atomic E-state index is 0.209. The van der Waals surface area contributed by atoms with Crippen LogP contribution in [-0.2, 0) is 0 Å². The van der Waals surface area contributed by atoms with E-state index < -0.39 is 0 Å². The molecule has 0 aliphatic carbocycles. The van der Waals surface area contributed by atoms with Gasteiger partial charge in [-0.2, -0.15) is 0 Å². The lowest BCUT2D eigenvalue weighted by Gasteiger charge is -2.21. The summed E-state index contributed by atoms with van der Waals surface area (Å²) in [7, 11) is 0. The van der Waals surface area contributed by atoms with Crippen LogP contribution in [0.3, 0.4) is 0 Å². The molecule has 3 aromatic rings. The Morgan fingerprint density at radius 1 is 1.14 bits per heavy atom. The third-order valence-corrected chi connectivity index (χ3v) is 4.76. The van der Waals surface area contributed by atoms with Crippen molar-refractivity contribution in [1.29, 1.82) is 0 Å². The number of pyridine rings is 1. The predicted octanol–water partition coefficient (Wildman–Crippen LogP) is 4.69. The Hall–Kier alpha value is -1.71. The Labute approximate surface area is 129 Å². The number of benzene rings is 1. The second kappa shape index (κ2) is 6.37. The van der Waals surface area contributed by atoms with Crippen LogP contribution in [0.4, 0.5) is 0 Å². The van der Waals surface area contributed by atoms with Gasteiger partial charge in [0.25, 0.3) is 0 Å². The molecule has 0 aliphatic rings. The lowest BCUT2D eigenvalue weighted by Crippen LogP contribution is -2.24. The molecule has 1 N–H and O–H groups in total. The highest BCUT2D eigenvalue weighted by atomic mass is 32.1. The quantitative estimate of drug-likeness (QED) is 0.738. The molecule has 0 saturated heterocycles.